The minimum absolute atomic E-state index is 0.0548. The lowest BCUT2D eigenvalue weighted by Crippen LogP contribution is -2.36. The minimum Gasteiger partial charge on any atom is -0.380 e. The fourth-order valence-electron chi connectivity index (χ4n) is 1.49. The van der Waals surface area contributed by atoms with E-state index in [1.807, 2.05) is 6.92 Å². The first kappa shape index (κ1) is 15.4. The maximum atomic E-state index is 12.0. The van der Waals surface area contributed by atoms with Gasteiger partial charge in [0.05, 0.1) is 11.5 Å². The van der Waals surface area contributed by atoms with Crippen LogP contribution in [0, 0.1) is 10.1 Å². The van der Waals surface area contributed by atoms with E-state index in [0.29, 0.717) is 13.2 Å². The highest BCUT2D eigenvalue weighted by atomic mass is 35.5. The summed E-state index contributed by atoms with van der Waals surface area (Å²) in [4.78, 5) is 22.2. The lowest BCUT2D eigenvalue weighted by molar-refractivity contribution is -0.385. The number of rotatable bonds is 6. The zero-order valence-corrected chi connectivity index (χ0v) is 11.4. The second kappa shape index (κ2) is 7.06. The summed E-state index contributed by atoms with van der Waals surface area (Å²) in [6.45, 7) is 4.48. The average Bonchev–Trinajstić information content (AvgIpc) is 2.35. The van der Waals surface area contributed by atoms with Gasteiger partial charge in [0.15, 0.2) is 0 Å². The number of carbonyl (C=O) groups is 1. The van der Waals surface area contributed by atoms with Gasteiger partial charge < -0.3 is 10.1 Å². The fraction of sp³-hybridized carbons (Fsp3) is 0.417. The van der Waals surface area contributed by atoms with Gasteiger partial charge in [-0.25, -0.2) is 0 Å². The van der Waals surface area contributed by atoms with E-state index in [0.717, 1.165) is 0 Å². The molecule has 1 N–H and O–H groups in total. The van der Waals surface area contributed by atoms with Gasteiger partial charge in [0.25, 0.3) is 11.6 Å². The van der Waals surface area contributed by atoms with Crippen molar-refractivity contribution in [2.45, 2.75) is 19.9 Å². The molecule has 0 aliphatic carbocycles. The number of nitrogens with one attached hydrogen (secondary N) is 1. The number of benzene rings is 1. The Labute approximate surface area is 115 Å². The van der Waals surface area contributed by atoms with Crippen molar-refractivity contribution < 1.29 is 14.5 Å². The van der Waals surface area contributed by atoms with Crippen molar-refractivity contribution in [1.29, 1.82) is 0 Å². The number of nitro benzene ring substituents is 1. The monoisotopic (exact) mass is 286 g/mol. The zero-order chi connectivity index (χ0) is 14.4. The second-order valence-corrected chi connectivity index (χ2v) is 4.39. The topological polar surface area (TPSA) is 81.5 Å². The van der Waals surface area contributed by atoms with E-state index < -0.39 is 10.8 Å². The van der Waals surface area contributed by atoms with Gasteiger partial charge in [-0.2, -0.15) is 0 Å². The first-order valence-electron chi connectivity index (χ1n) is 5.78. The van der Waals surface area contributed by atoms with Crippen LogP contribution in [-0.4, -0.2) is 30.1 Å². The molecule has 0 saturated heterocycles. The van der Waals surface area contributed by atoms with Gasteiger partial charge in [0.2, 0.25) is 0 Å². The van der Waals surface area contributed by atoms with Gasteiger partial charge >= 0.3 is 0 Å². The Kier molecular flexibility index (Phi) is 5.72. The maximum Gasteiger partial charge on any atom is 0.282 e. The molecule has 104 valence electrons. The van der Waals surface area contributed by atoms with Gasteiger partial charge in [-0.05, 0) is 26.0 Å². The largest absolute Gasteiger partial charge is 0.380 e. The van der Waals surface area contributed by atoms with E-state index in [1.165, 1.54) is 18.2 Å². The minimum atomic E-state index is -0.613. The summed E-state index contributed by atoms with van der Waals surface area (Å²) in [5.74, 6) is -0.540. The van der Waals surface area contributed by atoms with Crippen LogP contribution in [0.3, 0.4) is 0 Å². The lowest BCUT2D eigenvalue weighted by atomic mass is 10.1. The van der Waals surface area contributed by atoms with Crippen molar-refractivity contribution in [1.82, 2.24) is 5.32 Å². The highest BCUT2D eigenvalue weighted by Gasteiger charge is 2.21. The Morgan fingerprint density at radius 1 is 1.58 bits per heavy atom. The van der Waals surface area contributed by atoms with Crippen molar-refractivity contribution in [3.05, 3.63) is 38.9 Å². The molecule has 1 unspecified atom stereocenters. The van der Waals surface area contributed by atoms with Crippen molar-refractivity contribution in [3.8, 4) is 0 Å². The molecule has 0 saturated carbocycles. The standard InChI is InChI=1S/C12H15ClN2O4/c1-3-19-7-8(2)14-12(16)10-6-9(13)4-5-11(10)15(17)18/h4-6,8H,3,7H2,1-2H3,(H,14,16). The number of hydrogen-bond donors (Lipinski definition) is 1. The number of amides is 1. The van der Waals surface area contributed by atoms with Crippen LogP contribution < -0.4 is 5.32 Å². The Hall–Kier alpha value is -1.66. The molecule has 1 aromatic rings. The van der Waals surface area contributed by atoms with E-state index in [-0.39, 0.29) is 22.3 Å². The summed E-state index contributed by atoms with van der Waals surface area (Å²) in [5.41, 5.74) is -0.327. The summed E-state index contributed by atoms with van der Waals surface area (Å²) in [7, 11) is 0. The molecule has 6 nitrogen and oxygen atoms in total. The summed E-state index contributed by atoms with van der Waals surface area (Å²) >= 11 is 5.76. The number of ether oxygens (including phenoxy) is 1. The van der Waals surface area contributed by atoms with Gasteiger partial charge in [0.1, 0.15) is 5.56 Å². The zero-order valence-electron chi connectivity index (χ0n) is 10.7. The van der Waals surface area contributed by atoms with E-state index in [1.54, 1.807) is 6.92 Å². The third-order valence-corrected chi connectivity index (χ3v) is 2.58. The molecular weight excluding hydrogens is 272 g/mol. The lowest BCUT2D eigenvalue weighted by Gasteiger charge is -2.13. The smallest absolute Gasteiger partial charge is 0.282 e. The summed E-state index contributed by atoms with van der Waals surface area (Å²) in [6.07, 6.45) is 0. The van der Waals surface area contributed by atoms with Gasteiger partial charge in [-0.1, -0.05) is 11.6 Å². The average molecular weight is 287 g/mol. The van der Waals surface area contributed by atoms with Crippen LogP contribution in [0.1, 0.15) is 24.2 Å². The van der Waals surface area contributed by atoms with Crippen molar-refractivity contribution in [3.63, 3.8) is 0 Å². The van der Waals surface area contributed by atoms with E-state index in [4.69, 9.17) is 16.3 Å². The van der Waals surface area contributed by atoms with Crippen molar-refractivity contribution in [2.75, 3.05) is 13.2 Å². The Bertz CT molecular complexity index is 479. The summed E-state index contributed by atoms with van der Waals surface area (Å²) < 4.78 is 5.16. The van der Waals surface area contributed by atoms with Gasteiger partial charge in [-0.15, -0.1) is 0 Å². The fourth-order valence-corrected chi connectivity index (χ4v) is 1.66. The molecule has 1 atom stereocenters. The third-order valence-electron chi connectivity index (χ3n) is 2.35. The van der Waals surface area contributed by atoms with Gasteiger partial charge in [-0.3, -0.25) is 14.9 Å². The first-order chi connectivity index (χ1) is 8.95. The van der Waals surface area contributed by atoms with Crippen LogP contribution in [0.4, 0.5) is 5.69 Å². The Morgan fingerprint density at radius 3 is 2.84 bits per heavy atom. The molecule has 19 heavy (non-hydrogen) atoms. The van der Waals surface area contributed by atoms with Crippen LogP contribution in [0.5, 0.6) is 0 Å². The molecule has 1 rings (SSSR count). The highest BCUT2D eigenvalue weighted by molar-refractivity contribution is 6.31. The molecule has 0 aromatic heterocycles. The second-order valence-electron chi connectivity index (χ2n) is 3.95. The first-order valence-corrected chi connectivity index (χ1v) is 6.16. The molecular formula is C12H15ClN2O4. The van der Waals surface area contributed by atoms with Crippen LogP contribution in [-0.2, 0) is 4.74 Å². The molecule has 0 bridgehead atoms. The molecule has 0 fully saturated rings. The Balaban J connectivity index is 2.86. The molecule has 0 heterocycles. The quantitative estimate of drug-likeness (QED) is 0.643. The number of nitrogens with zero attached hydrogens (tertiary/aromatic N) is 1. The van der Waals surface area contributed by atoms with E-state index >= 15 is 0 Å². The Morgan fingerprint density at radius 2 is 2.26 bits per heavy atom. The SMILES string of the molecule is CCOCC(C)NC(=O)c1cc(Cl)ccc1[N+](=O)[O-]. The number of hydrogen-bond acceptors (Lipinski definition) is 4. The molecule has 7 heteroatoms. The highest BCUT2D eigenvalue weighted by Crippen LogP contribution is 2.22. The molecule has 0 spiro atoms. The molecule has 1 amide bonds. The van der Waals surface area contributed by atoms with E-state index in [2.05, 4.69) is 5.32 Å². The van der Waals surface area contributed by atoms with Crippen LogP contribution in [0.15, 0.2) is 18.2 Å². The third kappa shape index (κ3) is 4.50. The van der Waals surface area contributed by atoms with Crippen LogP contribution >= 0.6 is 11.6 Å². The van der Waals surface area contributed by atoms with Crippen LogP contribution in [0.25, 0.3) is 0 Å². The number of nitro groups is 1. The molecule has 0 aliphatic rings. The summed E-state index contributed by atoms with van der Waals surface area (Å²) in [5, 5.41) is 13.8. The normalized spacial score (nSPS) is 11.9. The van der Waals surface area contributed by atoms with Gasteiger partial charge in [0, 0.05) is 23.7 Å². The van der Waals surface area contributed by atoms with Crippen molar-refractivity contribution in [2.24, 2.45) is 0 Å². The predicted octanol–water partition coefficient (Wildman–Crippen LogP) is 2.40. The summed E-state index contributed by atoms with van der Waals surface area (Å²) in [6, 6.07) is 3.62. The number of halogens is 1. The molecule has 1 aromatic carbocycles. The predicted molar refractivity (Wildman–Crippen MR) is 71.5 cm³/mol. The van der Waals surface area contributed by atoms with Crippen LogP contribution in [0.2, 0.25) is 5.02 Å². The number of carbonyl (C=O) groups excluding carboxylic acids is 1. The molecule has 0 radical (unpaired) electrons. The van der Waals surface area contributed by atoms with E-state index in [9.17, 15) is 14.9 Å². The molecule has 0 aliphatic heterocycles. The van der Waals surface area contributed by atoms with Crippen molar-refractivity contribution >= 4 is 23.2 Å². The maximum absolute atomic E-state index is 12.0.